The molecule has 0 N–H and O–H groups in total. The predicted octanol–water partition coefficient (Wildman–Crippen LogP) is 10.6. The fraction of sp³-hybridized carbons (Fsp3) is 0. The molecule has 43 heavy (non-hydrogen) atoms. The Bertz CT molecular complexity index is 2200. The van der Waals surface area contributed by atoms with Crippen LogP contribution in [0, 0.1) is 0 Å². The van der Waals surface area contributed by atoms with Crippen LogP contribution in [-0.4, -0.2) is 15.0 Å². The molecular formula is C39H25N3S. The van der Waals surface area contributed by atoms with Crippen LogP contribution in [0.15, 0.2) is 152 Å². The van der Waals surface area contributed by atoms with Crippen LogP contribution >= 0.6 is 11.3 Å². The molecule has 0 saturated heterocycles. The minimum Gasteiger partial charge on any atom is -0.265 e. The molecule has 4 heteroatoms. The van der Waals surface area contributed by atoms with Gasteiger partial charge < -0.3 is 0 Å². The largest absolute Gasteiger partial charge is 0.265 e. The summed E-state index contributed by atoms with van der Waals surface area (Å²) >= 11 is 1.86. The number of nitrogens with zero attached hydrogens (tertiary/aromatic N) is 3. The molecule has 0 aliphatic rings. The Morgan fingerprint density at radius 3 is 1.72 bits per heavy atom. The van der Waals surface area contributed by atoms with Crippen molar-refractivity contribution >= 4 is 31.5 Å². The molecular weight excluding hydrogens is 543 g/mol. The number of aromatic nitrogens is 3. The summed E-state index contributed by atoms with van der Waals surface area (Å²) in [6.45, 7) is 0. The summed E-state index contributed by atoms with van der Waals surface area (Å²) in [5.74, 6) is 0.682. The summed E-state index contributed by atoms with van der Waals surface area (Å²) in [6.07, 6.45) is 3.56. The highest BCUT2D eigenvalue weighted by atomic mass is 32.1. The molecule has 0 bridgehead atoms. The van der Waals surface area contributed by atoms with E-state index in [-0.39, 0.29) is 0 Å². The maximum Gasteiger partial charge on any atom is 0.160 e. The number of thiophene rings is 1. The van der Waals surface area contributed by atoms with Crippen molar-refractivity contribution in [1.82, 2.24) is 15.0 Å². The first kappa shape index (κ1) is 25.3. The van der Waals surface area contributed by atoms with Crippen LogP contribution in [0.3, 0.4) is 0 Å². The molecule has 3 aromatic heterocycles. The fourth-order valence-electron chi connectivity index (χ4n) is 5.63. The third-order valence-corrected chi connectivity index (χ3v) is 9.07. The Balaban J connectivity index is 1.20. The molecule has 8 rings (SSSR count). The lowest BCUT2D eigenvalue weighted by Crippen LogP contribution is -1.96. The standard InChI is InChI=1S/C39H25N3S/c1-2-7-26(8-3-1)27-13-17-29(18-14-27)35-25-36(42-39(41-35)31-21-23-40-24-22-31)30-19-15-28(16-20-30)32-10-6-11-34-33-9-4-5-12-37(33)43-38(32)34/h1-25H. The normalized spacial score (nSPS) is 11.3. The Kier molecular flexibility index (Phi) is 6.32. The van der Waals surface area contributed by atoms with E-state index >= 15 is 0 Å². The molecule has 3 nitrogen and oxygen atoms in total. The van der Waals surface area contributed by atoms with Crippen LogP contribution in [0.2, 0.25) is 0 Å². The number of hydrogen-bond donors (Lipinski definition) is 0. The fourth-order valence-corrected chi connectivity index (χ4v) is 6.87. The minimum absolute atomic E-state index is 0.682. The molecule has 5 aromatic carbocycles. The lowest BCUT2D eigenvalue weighted by molar-refractivity contribution is 1.18. The van der Waals surface area contributed by atoms with Crippen LogP contribution in [-0.2, 0) is 0 Å². The summed E-state index contributed by atoms with van der Waals surface area (Å²) < 4.78 is 2.63. The van der Waals surface area contributed by atoms with E-state index in [4.69, 9.17) is 9.97 Å². The van der Waals surface area contributed by atoms with Crippen molar-refractivity contribution in [3.8, 4) is 56.2 Å². The van der Waals surface area contributed by atoms with Gasteiger partial charge in [0.15, 0.2) is 5.82 Å². The predicted molar refractivity (Wildman–Crippen MR) is 180 cm³/mol. The first-order chi connectivity index (χ1) is 21.3. The lowest BCUT2D eigenvalue weighted by Gasteiger charge is -2.11. The number of benzene rings is 5. The zero-order chi connectivity index (χ0) is 28.6. The van der Waals surface area contributed by atoms with Crippen LogP contribution in [0.4, 0.5) is 0 Å². The minimum atomic E-state index is 0.682. The van der Waals surface area contributed by atoms with E-state index in [2.05, 4.69) is 126 Å². The average molecular weight is 568 g/mol. The molecule has 0 aliphatic heterocycles. The molecule has 0 fully saturated rings. The molecule has 0 unspecified atom stereocenters. The third-order valence-electron chi connectivity index (χ3n) is 7.85. The van der Waals surface area contributed by atoms with Crippen molar-refractivity contribution in [2.45, 2.75) is 0 Å². The van der Waals surface area contributed by atoms with Gasteiger partial charge in [0, 0.05) is 49.3 Å². The van der Waals surface area contributed by atoms with Gasteiger partial charge in [0.2, 0.25) is 0 Å². The van der Waals surface area contributed by atoms with Crippen molar-refractivity contribution in [2.24, 2.45) is 0 Å². The van der Waals surface area contributed by atoms with Gasteiger partial charge in [-0.1, -0.05) is 115 Å². The first-order valence-electron chi connectivity index (χ1n) is 14.3. The van der Waals surface area contributed by atoms with Gasteiger partial charge in [-0.05, 0) is 46.5 Å². The molecule has 202 valence electrons. The van der Waals surface area contributed by atoms with E-state index in [0.29, 0.717) is 5.82 Å². The van der Waals surface area contributed by atoms with Gasteiger partial charge in [-0.25, -0.2) is 9.97 Å². The Labute approximate surface area is 253 Å². The highest BCUT2D eigenvalue weighted by Crippen LogP contribution is 2.40. The van der Waals surface area contributed by atoms with Gasteiger partial charge >= 0.3 is 0 Å². The van der Waals surface area contributed by atoms with Crippen LogP contribution < -0.4 is 0 Å². The lowest BCUT2D eigenvalue weighted by atomic mass is 9.99. The number of fused-ring (bicyclic) bond motifs is 3. The number of rotatable bonds is 5. The second kappa shape index (κ2) is 10.8. The van der Waals surface area contributed by atoms with Gasteiger partial charge in [0.25, 0.3) is 0 Å². The second-order valence-corrected chi connectivity index (χ2v) is 11.6. The van der Waals surface area contributed by atoms with Crippen LogP contribution in [0.5, 0.6) is 0 Å². The van der Waals surface area contributed by atoms with Crippen molar-refractivity contribution in [2.75, 3.05) is 0 Å². The molecule has 0 aliphatic carbocycles. The van der Waals surface area contributed by atoms with Crippen LogP contribution in [0.25, 0.3) is 76.3 Å². The zero-order valence-electron chi connectivity index (χ0n) is 23.2. The van der Waals surface area contributed by atoms with Gasteiger partial charge in [0.1, 0.15) is 0 Å². The van der Waals surface area contributed by atoms with Gasteiger partial charge in [0.05, 0.1) is 11.4 Å². The molecule has 0 atom stereocenters. The maximum absolute atomic E-state index is 5.01. The monoisotopic (exact) mass is 567 g/mol. The zero-order valence-corrected chi connectivity index (χ0v) is 24.0. The van der Waals surface area contributed by atoms with E-state index in [1.165, 1.54) is 42.4 Å². The quantitative estimate of drug-likeness (QED) is 0.208. The highest BCUT2D eigenvalue weighted by molar-refractivity contribution is 7.26. The molecule has 8 aromatic rings. The van der Waals surface area contributed by atoms with Crippen molar-refractivity contribution in [3.05, 3.63) is 152 Å². The van der Waals surface area contributed by atoms with Gasteiger partial charge in [-0.3, -0.25) is 4.98 Å². The molecule has 0 spiro atoms. The molecule has 3 heterocycles. The SMILES string of the molecule is c1ccc(-c2ccc(-c3cc(-c4ccc(-c5cccc6c5sc5ccccc56)cc4)nc(-c4ccncc4)n3)cc2)cc1. The summed E-state index contributed by atoms with van der Waals surface area (Å²) in [6, 6.07) is 49.0. The Morgan fingerprint density at radius 2 is 1.00 bits per heavy atom. The van der Waals surface area contributed by atoms with Crippen molar-refractivity contribution < 1.29 is 0 Å². The summed E-state index contributed by atoms with van der Waals surface area (Å²) in [5, 5.41) is 2.62. The second-order valence-electron chi connectivity index (χ2n) is 10.5. The molecule has 0 radical (unpaired) electrons. The van der Waals surface area contributed by atoms with E-state index in [0.717, 1.165) is 28.1 Å². The third kappa shape index (κ3) is 4.78. The summed E-state index contributed by atoms with van der Waals surface area (Å²) in [4.78, 5) is 14.2. The van der Waals surface area contributed by atoms with Crippen LogP contribution in [0.1, 0.15) is 0 Å². The van der Waals surface area contributed by atoms with Crippen molar-refractivity contribution in [1.29, 1.82) is 0 Å². The first-order valence-corrected chi connectivity index (χ1v) is 15.1. The van der Waals surface area contributed by atoms with Gasteiger partial charge in [-0.15, -0.1) is 11.3 Å². The Morgan fingerprint density at radius 1 is 0.419 bits per heavy atom. The average Bonchev–Trinajstić information content (AvgIpc) is 3.48. The topological polar surface area (TPSA) is 38.7 Å². The van der Waals surface area contributed by atoms with E-state index < -0.39 is 0 Å². The van der Waals surface area contributed by atoms with E-state index in [1.807, 2.05) is 29.5 Å². The number of pyridine rings is 1. The highest BCUT2D eigenvalue weighted by Gasteiger charge is 2.13. The number of hydrogen-bond acceptors (Lipinski definition) is 4. The van der Waals surface area contributed by atoms with Crippen molar-refractivity contribution in [3.63, 3.8) is 0 Å². The summed E-state index contributed by atoms with van der Waals surface area (Å²) in [7, 11) is 0. The Hall–Kier alpha value is -5.45. The van der Waals surface area contributed by atoms with E-state index in [1.54, 1.807) is 12.4 Å². The maximum atomic E-state index is 5.01. The van der Waals surface area contributed by atoms with E-state index in [9.17, 15) is 0 Å². The smallest absolute Gasteiger partial charge is 0.160 e. The molecule has 0 saturated carbocycles. The van der Waals surface area contributed by atoms with Gasteiger partial charge in [-0.2, -0.15) is 0 Å². The molecule has 0 amide bonds. The summed E-state index contributed by atoms with van der Waals surface area (Å²) in [5.41, 5.74) is 9.63.